The van der Waals surface area contributed by atoms with Crippen molar-refractivity contribution in [1.29, 1.82) is 0 Å². The topological polar surface area (TPSA) is 76.3 Å². The average molecular weight is 323 g/mol. The molecule has 0 radical (unpaired) electrons. The summed E-state index contributed by atoms with van der Waals surface area (Å²) in [5.74, 6) is 1.28. The van der Waals surface area contributed by atoms with E-state index >= 15 is 0 Å². The monoisotopic (exact) mass is 323 g/mol. The van der Waals surface area contributed by atoms with Crippen molar-refractivity contribution in [2.24, 2.45) is 0 Å². The number of hydrogen-bond donors (Lipinski definition) is 0. The van der Waals surface area contributed by atoms with Crippen molar-refractivity contribution in [3.05, 3.63) is 41.5 Å². The molecule has 0 saturated carbocycles. The number of aromatic nitrogens is 2. The minimum absolute atomic E-state index is 0.102. The predicted octanol–water partition coefficient (Wildman–Crippen LogP) is 2.23. The summed E-state index contributed by atoms with van der Waals surface area (Å²) in [6.07, 6.45) is 1.95. The minimum atomic E-state index is -3.16. The number of hydrogen-bond acceptors (Lipinski definition) is 6. The molecule has 0 bridgehead atoms. The fraction of sp³-hybridized carbons (Fsp3) is 0.467. The Morgan fingerprint density at radius 3 is 2.41 bits per heavy atom. The van der Waals surface area contributed by atoms with E-state index in [-0.39, 0.29) is 6.04 Å². The molecule has 0 fully saturated rings. The van der Waals surface area contributed by atoms with E-state index in [1.165, 1.54) is 6.26 Å². The molecule has 120 valence electrons. The first-order chi connectivity index (χ1) is 10.3. The van der Waals surface area contributed by atoms with Gasteiger partial charge in [-0.3, -0.25) is 4.90 Å². The molecule has 2 aromatic rings. The Balaban J connectivity index is 2.08. The lowest BCUT2D eigenvalue weighted by Gasteiger charge is -2.23. The molecule has 1 aromatic carbocycles. The molecular weight excluding hydrogens is 302 g/mol. The lowest BCUT2D eigenvalue weighted by atomic mass is 10.1. The Morgan fingerprint density at radius 2 is 1.91 bits per heavy atom. The highest BCUT2D eigenvalue weighted by Gasteiger charge is 2.16. The van der Waals surface area contributed by atoms with Gasteiger partial charge in [0.1, 0.15) is 0 Å². The molecule has 7 heteroatoms. The van der Waals surface area contributed by atoms with E-state index in [9.17, 15) is 8.42 Å². The number of sulfone groups is 1. The van der Waals surface area contributed by atoms with Crippen molar-refractivity contribution in [3.8, 4) is 0 Å². The van der Waals surface area contributed by atoms with Gasteiger partial charge in [0, 0.05) is 18.7 Å². The lowest BCUT2D eigenvalue weighted by molar-refractivity contribution is 0.216. The standard InChI is InChI=1S/C15H21N3O3S/c1-5-14-16-15(21-17-14)10-18(3)11(2)12-6-8-13(9-7-12)22(4,19)20/h6-9,11H,5,10H2,1-4H3. The highest BCUT2D eigenvalue weighted by molar-refractivity contribution is 7.90. The molecule has 2 rings (SSSR count). The van der Waals surface area contributed by atoms with Crippen LogP contribution in [0.3, 0.4) is 0 Å². The van der Waals surface area contributed by atoms with Gasteiger partial charge in [0.15, 0.2) is 15.7 Å². The van der Waals surface area contributed by atoms with Crippen molar-refractivity contribution in [1.82, 2.24) is 15.0 Å². The number of aryl methyl sites for hydroxylation is 1. The van der Waals surface area contributed by atoms with E-state index in [0.29, 0.717) is 23.2 Å². The predicted molar refractivity (Wildman–Crippen MR) is 83.1 cm³/mol. The Morgan fingerprint density at radius 1 is 1.27 bits per heavy atom. The Kier molecular flexibility index (Phi) is 4.97. The molecule has 22 heavy (non-hydrogen) atoms. The highest BCUT2D eigenvalue weighted by atomic mass is 32.2. The fourth-order valence-electron chi connectivity index (χ4n) is 2.10. The molecule has 0 N–H and O–H groups in total. The van der Waals surface area contributed by atoms with E-state index in [1.54, 1.807) is 12.1 Å². The maximum absolute atomic E-state index is 11.5. The van der Waals surface area contributed by atoms with Gasteiger partial charge in [-0.1, -0.05) is 24.2 Å². The van der Waals surface area contributed by atoms with Gasteiger partial charge in [-0.15, -0.1) is 0 Å². The Hall–Kier alpha value is -1.73. The maximum Gasteiger partial charge on any atom is 0.240 e. The lowest BCUT2D eigenvalue weighted by Crippen LogP contribution is -2.22. The first kappa shape index (κ1) is 16.6. The summed E-state index contributed by atoms with van der Waals surface area (Å²) in [6, 6.07) is 7.05. The van der Waals surface area contributed by atoms with Crippen LogP contribution in [0, 0.1) is 0 Å². The molecule has 0 amide bonds. The van der Waals surface area contributed by atoms with E-state index in [2.05, 4.69) is 15.0 Å². The molecule has 6 nitrogen and oxygen atoms in total. The van der Waals surface area contributed by atoms with Crippen LogP contribution in [0.4, 0.5) is 0 Å². The minimum Gasteiger partial charge on any atom is -0.338 e. The molecule has 1 unspecified atom stereocenters. The molecule has 0 aliphatic rings. The normalized spacial score (nSPS) is 13.5. The van der Waals surface area contributed by atoms with Crippen LogP contribution in [0.2, 0.25) is 0 Å². The zero-order valence-corrected chi connectivity index (χ0v) is 14.1. The van der Waals surface area contributed by atoms with Crippen LogP contribution in [0.25, 0.3) is 0 Å². The summed E-state index contributed by atoms with van der Waals surface area (Å²) < 4.78 is 28.2. The molecule has 0 aliphatic carbocycles. The van der Waals surface area contributed by atoms with Gasteiger partial charge in [-0.05, 0) is 31.7 Å². The van der Waals surface area contributed by atoms with Crippen LogP contribution in [-0.2, 0) is 22.8 Å². The van der Waals surface area contributed by atoms with Crippen LogP contribution in [0.5, 0.6) is 0 Å². The molecule has 1 atom stereocenters. The van der Waals surface area contributed by atoms with Crippen molar-refractivity contribution < 1.29 is 12.9 Å². The fourth-order valence-corrected chi connectivity index (χ4v) is 2.73. The van der Waals surface area contributed by atoms with Gasteiger partial charge in [0.05, 0.1) is 11.4 Å². The third kappa shape index (κ3) is 3.92. The second-order valence-corrected chi connectivity index (χ2v) is 7.41. The molecule has 1 aromatic heterocycles. The van der Waals surface area contributed by atoms with Gasteiger partial charge in [-0.25, -0.2) is 8.42 Å². The molecule has 0 spiro atoms. The SMILES string of the molecule is CCc1noc(CN(C)C(C)c2ccc(S(C)(=O)=O)cc2)n1. The summed E-state index contributed by atoms with van der Waals surface area (Å²) >= 11 is 0. The number of benzene rings is 1. The van der Waals surface area contributed by atoms with E-state index < -0.39 is 9.84 Å². The zero-order valence-electron chi connectivity index (χ0n) is 13.3. The second kappa shape index (κ2) is 6.58. The molecule has 1 heterocycles. The maximum atomic E-state index is 11.5. The Bertz CT molecular complexity index is 723. The van der Waals surface area contributed by atoms with Gasteiger partial charge in [0.25, 0.3) is 0 Å². The van der Waals surface area contributed by atoms with Crippen molar-refractivity contribution >= 4 is 9.84 Å². The number of nitrogens with zero attached hydrogens (tertiary/aromatic N) is 3. The highest BCUT2D eigenvalue weighted by Crippen LogP contribution is 2.22. The largest absolute Gasteiger partial charge is 0.338 e. The Labute approximate surface area is 131 Å². The van der Waals surface area contributed by atoms with Gasteiger partial charge >= 0.3 is 0 Å². The first-order valence-corrected chi connectivity index (χ1v) is 9.02. The quantitative estimate of drug-likeness (QED) is 0.811. The van der Waals surface area contributed by atoms with Crippen LogP contribution < -0.4 is 0 Å². The summed E-state index contributed by atoms with van der Waals surface area (Å²) in [5, 5.41) is 3.88. The summed E-state index contributed by atoms with van der Waals surface area (Å²) in [4.78, 5) is 6.69. The van der Waals surface area contributed by atoms with Gasteiger partial charge in [-0.2, -0.15) is 4.98 Å². The first-order valence-electron chi connectivity index (χ1n) is 7.13. The summed E-state index contributed by atoms with van der Waals surface area (Å²) in [5.41, 5.74) is 1.03. The van der Waals surface area contributed by atoms with E-state index in [1.807, 2.05) is 33.0 Å². The molecule has 0 saturated heterocycles. The van der Waals surface area contributed by atoms with Crippen molar-refractivity contribution in [2.45, 2.75) is 37.8 Å². The third-order valence-electron chi connectivity index (χ3n) is 3.66. The van der Waals surface area contributed by atoms with Crippen LogP contribution in [0.15, 0.2) is 33.7 Å². The van der Waals surface area contributed by atoms with Crippen LogP contribution >= 0.6 is 0 Å². The summed E-state index contributed by atoms with van der Waals surface area (Å²) in [7, 11) is -1.20. The van der Waals surface area contributed by atoms with Gasteiger partial charge < -0.3 is 4.52 Å². The molecule has 0 aliphatic heterocycles. The molecular formula is C15H21N3O3S. The third-order valence-corrected chi connectivity index (χ3v) is 4.79. The van der Waals surface area contributed by atoms with Gasteiger partial charge in [0.2, 0.25) is 5.89 Å². The summed E-state index contributed by atoms with van der Waals surface area (Å²) in [6.45, 7) is 4.57. The van der Waals surface area contributed by atoms with Crippen LogP contribution in [-0.4, -0.2) is 36.8 Å². The van der Waals surface area contributed by atoms with Crippen molar-refractivity contribution in [3.63, 3.8) is 0 Å². The van der Waals surface area contributed by atoms with E-state index in [4.69, 9.17) is 4.52 Å². The number of rotatable bonds is 6. The van der Waals surface area contributed by atoms with Crippen molar-refractivity contribution in [2.75, 3.05) is 13.3 Å². The van der Waals surface area contributed by atoms with Crippen LogP contribution in [0.1, 0.15) is 37.2 Å². The smallest absolute Gasteiger partial charge is 0.240 e. The second-order valence-electron chi connectivity index (χ2n) is 5.39. The average Bonchev–Trinajstić information content (AvgIpc) is 2.93. The zero-order chi connectivity index (χ0) is 16.3. The van der Waals surface area contributed by atoms with E-state index in [0.717, 1.165) is 12.0 Å².